The van der Waals surface area contributed by atoms with Gasteiger partial charge in [0, 0.05) is 19.6 Å². The Hall–Kier alpha value is -1.43. The Bertz CT molecular complexity index is 391. The lowest BCUT2D eigenvalue weighted by atomic mass is 10.2. The number of esters is 1. The molecule has 0 bridgehead atoms. The molecule has 1 fully saturated rings. The van der Waals surface area contributed by atoms with Crippen LogP contribution >= 0.6 is 0 Å². The Kier molecular flexibility index (Phi) is 5.32. The van der Waals surface area contributed by atoms with Crippen LogP contribution in [0.2, 0.25) is 0 Å². The number of carbonyl (C=O) groups is 1. The van der Waals surface area contributed by atoms with Crippen molar-refractivity contribution in [2.75, 3.05) is 40.0 Å². The van der Waals surface area contributed by atoms with E-state index in [4.69, 9.17) is 9.47 Å². The molecule has 0 aliphatic carbocycles. The first kappa shape index (κ1) is 14.0. The maximum Gasteiger partial charge on any atom is 0.321 e. The molecule has 0 aromatic heterocycles. The normalized spacial score (nSPS) is 16.5. The van der Waals surface area contributed by atoms with Gasteiger partial charge in [-0.1, -0.05) is 30.3 Å². The lowest BCUT2D eigenvalue weighted by Gasteiger charge is -2.36. The monoisotopic (exact) mass is 264 g/mol. The average Bonchev–Trinajstić information content (AvgIpc) is 2.48. The highest BCUT2D eigenvalue weighted by atomic mass is 16.5. The summed E-state index contributed by atoms with van der Waals surface area (Å²) in [6.07, 6.45) is 0. The summed E-state index contributed by atoms with van der Waals surface area (Å²) >= 11 is 0. The molecule has 0 N–H and O–H groups in total. The number of nitrogens with zero attached hydrogens (tertiary/aromatic N) is 2. The quantitative estimate of drug-likeness (QED) is 0.739. The fraction of sp³-hybridized carbons (Fsp3) is 0.500. The Morgan fingerprint density at radius 3 is 2.63 bits per heavy atom. The van der Waals surface area contributed by atoms with Crippen molar-refractivity contribution in [3.05, 3.63) is 35.9 Å². The highest BCUT2D eigenvalue weighted by Crippen LogP contribution is 2.10. The van der Waals surface area contributed by atoms with Crippen molar-refractivity contribution in [1.82, 2.24) is 10.0 Å². The van der Waals surface area contributed by atoms with Crippen molar-refractivity contribution in [3.8, 4) is 0 Å². The second kappa shape index (κ2) is 7.23. The van der Waals surface area contributed by atoms with Gasteiger partial charge in [-0.05, 0) is 5.56 Å². The predicted molar refractivity (Wildman–Crippen MR) is 71.3 cm³/mol. The van der Waals surface area contributed by atoms with Crippen molar-refractivity contribution >= 4 is 5.97 Å². The van der Waals surface area contributed by atoms with E-state index in [1.54, 1.807) is 0 Å². The largest absolute Gasteiger partial charge is 0.468 e. The van der Waals surface area contributed by atoms with Crippen LogP contribution in [-0.2, 0) is 20.8 Å². The predicted octanol–water partition coefficient (Wildman–Crippen LogP) is 0.909. The maximum atomic E-state index is 11.5. The molecule has 1 aliphatic heterocycles. The van der Waals surface area contributed by atoms with Gasteiger partial charge in [-0.15, -0.1) is 0 Å². The second-order valence-corrected chi connectivity index (χ2v) is 4.45. The van der Waals surface area contributed by atoms with E-state index in [0.29, 0.717) is 19.8 Å². The second-order valence-electron chi connectivity index (χ2n) is 4.45. The Morgan fingerprint density at radius 1 is 1.32 bits per heavy atom. The molecule has 19 heavy (non-hydrogen) atoms. The molecule has 5 nitrogen and oxygen atoms in total. The van der Waals surface area contributed by atoms with Gasteiger partial charge in [-0.25, -0.2) is 10.0 Å². The van der Waals surface area contributed by atoms with Crippen LogP contribution in [0.3, 0.4) is 0 Å². The third-order valence-electron chi connectivity index (χ3n) is 3.13. The molecule has 2 rings (SSSR count). The molecule has 5 heteroatoms. The SMILES string of the molecule is COC(=O)CN(Cc1ccccc1)N1CCOCC1. The Morgan fingerprint density at radius 2 is 2.00 bits per heavy atom. The zero-order valence-corrected chi connectivity index (χ0v) is 11.2. The van der Waals surface area contributed by atoms with E-state index in [0.717, 1.165) is 13.1 Å². The molecular weight excluding hydrogens is 244 g/mol. The summed E-state index contributed by atoms with van der Waals surface area (Å²) in [5.41, 5.74) is 1.18. The van der Waals surface area contributed by atoms with Crippen LogP contribution in [0.25, 0.3) is 0 Å². The highest BCUT2D eigenvalue weighted by molar-refractivity contribution is 5.71. The Labute approximate surface area is 113 Å². The summed E-state index contributed by atoms with van der Waals surface area (Å²) in [4.78, 5) is 11.5. The number of ether oxygens (including phenoxy) is 2. The first-order chi connectivity index (χ1) is 9.29. The summed E-state index contributed by atoms with van der Waals surface area (Å²) in [6, 6.07) is 10.1. The van der Waals surface area contributed by atoms with Gasteiger partial charge in [-0.2, -0.15) is 0 Å². The molecule has 1 aromatic rings. The number of hydrogen-bond donors (Lipinski definition) is 0. The third-order valence-corrected chi connectivity index (χ3v) is 3.13. The number of morpholine rings is 1. The molecule has 0 saturated carbocycles. The first-order valence-electron chi connectivity index (χ1n) is 6.48. The van der Waals surface area contributed by atoms with Gasteiger partial charge in [-0.3, -0.25) is 4.79 Å². The maximum absolute atomic E-state index is 11.5. The highest BCUT2D eigenvalue weighted by Gasteiger charge is 2.21. The van der Waals surface area contributed by atoms with Crippen LogP contribution in [-0.4, -0.2) is 55.9 Å². The van der Waals surface area contributed by atoms with E-state index < -0.39 is 0 Å². The molecule has 0 atom stereocenters. The number of carbonyl (C=O) groups excluding carboxylic acids is 1. The minimum absolute atomic E-state index is 0.220. The zero-order valence-electron chi connectivity index (χ0n) is 11.2. The third kappa shape index (κ3) is 4.31. The van der Waals surface area contributed by atoms with Crippen LogP contribution in [0, 0.1) is 0 Å². The van der Waals surface area contributed by atoms with E-state index in [-0.39, 0.29) is 12.5 Å². The average molecular weight is 264 g/mol. The van der Waals surface area contributed by atoms with Crippen LogP contribution in [0.5, 0.6) is 0 Å². The van der Waals surface area contributed by atoms with Crippen molar-refractivity contribution in [2.45, 2.75) is 6.54 Å². The molecule has 1 aliphatic rings. The van der Waals surface area contributed by atoms with E-state index in [9.17, 15) is 4.79 Å². The lowest BCUT2D eigenvalue weighted by Crippen LogP contribution is -2.50. The van der Waals surface area contributed by atoms with Crippen LogP contribution in [0.1, 0.15) is 5.56 Å². The molecule has 0 spiro atoms. The van der Waals surface area contributed by atoms with Gasteiger partial charge in [0.15, 0.2) is 0 Å². The summed E-state index contributed by atoms with van der Waals surface area (Å²) in [6.45, 7) is 3.99. The van der Waals surface area contributed by atoms with Crippen molar-refractivity contribution < 1.29 is 14.3 Å². The van der Waals surface area contributed by atoms with Gasteiger partial charge in [0.25, 0.3) is 0 Å². The molecule has 1 aromatic carbocycles. The van der Waals surface area contributed by atoms with Crippen LogP contribution in [0.4, 0.5) is 0 Å². The summed E-state index contributed by atoms with van der Waals surface area (Å²) in [5.74, 6) is -0.220. The van der Waals surface area contributed by atoms with Crippen molar-refractivity contribution in [1.29, 1.82) is 0 Å². The summed E-state index contributed by atoms with van der Waals surface area (Å²) in [7, 11) is 1.42. The molecule has 104 valence electrons. The molecular formula is C14H20N2O3. The van der Waals surface area contributed by atoms with Gasteiger partial charge in [0.2, 0.25) is 0 Å². The number of hydrogen-bond acceptors (Lipinski definition) is 5. The molecule has 1 saturated heterocycles. The van der Waals surface area contributed by atoms with E-state index in [1.807, 2.05) is 23.2 Å². The minimum atomic E-state index is -0.220. The summed E-state index contributed by atoms with van der Waals surface area (Å²) in [5, 5.41) is 4.19. The number of hydrazine groups is 1. The number of benzene rings is 1. The van der Waals surface area contributed by atoms with Gasteiger partial charge in [0.05, 0.1) is 20.3 Å². The fourth-order valence-electron chi connectivity index (χ4n) is 2.10. The molecule has 0 radical (unpaired) electrons. The van der Waals surface area contributed by atoms with Gasteiger partial charge in [0.1, 0.15) is 6.54 Å². The number of methoxy groups -OCH3 is 1. The van der Waals surface area contributed by atoms with E-state index in [2.05, 4.69) is 17.1 Å². The first-order valence-corrected chi connectivity index (χ1v) is 6.48. The Balaban J connectivity index is 2.02. The van der Waals surface area contributed by atoms with Crippen LogP contribution in [0.15, 0.2) is 30.3 Å². The van der Waals surface area contributed by atoms with Gasteiger partial charge >= 0.3 is 5.97 Å². The summed E-state index contributed by atoms with van der Waals surface area (Å²) < 4.78 is 10.1. The fourth-order valence-corrected chi connectivity index (χ4v) is 2.10. The van der Waals surface area contributed by atoms with Crippen molar-refractivity contribution in [2.24, 2.45) is 0 Å². The van der Waals surface area contributed by atoms with Crippen molar-refractivity contribution in [3.63, 3.8) is 0 Å². The lowest BCUT2D eigenvalue weighted by molar-refractivity contribution is -0.153. The molecule has 0 amide bonds. The molecule has 1 heterocycles. The minimum Gasteiger partial charge on any atom is -0.468 e. The smallest absolute Gasteiger partial charge is 0.321 e. The molecule has 0 unspecified atom stereocenters. The van der Waals surface area contributed by atoms with Crippen LogP contribution < -0.4 is 0 Å². The van der Waals surface area contributed by atoms with Gasteiger partial charge < -0.3 is 9.47 Å². The van der Waals surface area contributed by atoms with E-state index in [1.165, 1.54) is 12.7 Å². The topological polar surface area (TPSA) is 42.0 Å². The zero-order chi connectivity index (χ0) is 13.5. The van der Waals surface area contributed by atoms with E-state index >= 15 is 0 Å². The standard InChI is InChI=1S/C14H20N2O3/c1-18-14(17)12-16(15-7-9-19-10-8-15)11-13-5-3-2-4-6-13/h2-6H,7-12H2,1H3. The number of rotatable bonds is 5.